The van der Waals surface area contributed by atoms with E-state index in [0.29, 0.717) is 28.6 Å². The lowest BCUT2D eigenvalue weighted by Crippen LogP contribution is -2.23. The fourth-order valence-corrected chi connectivity index (χ4v) is 3.04. The summed E-state index contributed by atoms with van der Waals surface area (Å²) in [6.45, 7) is 1.21. The molecule has 2 aromatic carbocycles. The van der Waals surface area contributed by atoms with Crippen LogP contribution in [0.1, 0.15) is 34.3 Å². The van der Waals surface area contributed by atoms with E-state index in [-0.39, 0.29) is 12.5 Å². The number of nitrogens with zero attached hydrogens (tertiary/aromatic N) is 1. The summed E-state index contributed by atoms with van der Waals surface area (Å²) < 4.78 is 19.5. The second-order valence-corrected chi connectivity index (χ2v) is 6.84. The van der Waals surface area contributed by atoms with Gasteiger partial charge in [-0.1, -0.05) is 34.1 Å². The number of halogens is 2. The van der Waals surface area contributed by atoms with Crippen LogP contribution in [-0.2, 0) is 22.7 Å². The molecule has 0 N–H and O–H groups in total. The van der Waals surface area contributed by atoms with Crippen molar-refractivity contribution in [2.24, 2.45) is 0 Å². The number of amides is 1. The van der Waals surface area contributed by atoms with Gasteiger partial charge in [0.25, 0.3) is 0 Å². The molecule has 1 aliphatic heterocycles. The molecule has 0 atom stereocenters. The molecule has 6 heteroatoms. The fraction of sp³-hybridized carbons (Fsp3) is 0.263. The van der Waals surface area contributed by atoms with E-state index in [9.17, 15) is 14.0 Å². The van der Waals surface area contributed by atoms with Crippen LogP contribution >= 0.6 is 15.9 Å². The first-order valence-electron chi connectivity index (χ1n) is 8.01. The van der Waals surface area contributed by atoms with E-state index >= 15 is 0 Å². The maximum absolute atomic E-state index is 13.7. The highest BCUT2D eigenvalue weighted by Crippen LogP contribution is 2.18. The number of esters is 1. The predicted octanol–water partition coefficient (Wildman–Crippen LogP) is 4.07. The van der Waals surface area contributed by atoms with Crippen LogP contribution in [0.4, 0.5) is 4.39 Å². The van der Waals surface area contributed by atoms with Gasteiger partial charge in [0.05, 0.1) is 5.56 Å². The van der Waals surface area contributed by atoms with Gasteiger partial charge in [0.2, 0.25) is 5.91 Å². The molecule has 0 aromatic heterocycles. The Labute approximate surface area is 153 Å². The van der Waals surface area contributed by atoms with Crippen molar-refractivity contribution in [3.05, 3.63) is 69.4 Å². The number of likely N-dealkylation sites (tertiary alicyclic amines) is 1. The Morgan fingerprint density at radius 1 is 1.20 bits per heavy atom. The number of ether oxygens (including phenoxy) is 1. The smallest absolute Gasteiger partial charge is 0.338 e. The zero-order chi connectivity index (χ0) is 17.8. The molecule has 0 radical (unpaired) electrons. The molecule has 1 saturated heterocycles. The molecule has 1 fully saturated rings. The summed E-state index contributed by atoms with van der Waals surface area (Å²) in [5, 5.41) is 0. The van der Waals surface area contributed by atoms with Gasteiger partial charge in [-0.25, -0.2) is 9.18 Å². The Hall–Kier alpha value is -2.21. The van der Waals surface area contributed by atoms with Crippen molar-refractivity contribution in [2.45, 2.75) is 26.0 Å². The largest absolute Gasteiger partial charge is 0.457 e. The highest BCUT2D eigenvalue weighted by molar-refractivity contribution is 9.10. The number of rotatable bonds is 5. The molecule has 0 aliphatic carbocycles. The summed E-state index contributed by atoms with van der Waals surface area (Å²) in [7, 11) is 0. The van der Waals surface area contributed by atoms with E-state index in [1.165, 1.54) is 6.07 Å². The van der Waals surface area contributed by atoms with Crippen molar-refractivity contribution in [1.82, 2.24) is 4.90 Å². The van der Waals surface area contributed by atoms with E-state index in [1.54, 1.807) is 24.3 Å². The quantitative estimate of drug-likeness (QED) is 0.704. The number of benzene rings is 2. The zero-order valence-corrected chi connectivity index (χ0v) is 15.1. The maximum atomic E-state index is 13.7. The highest BCUT2D eigenvalue weighted by Gasteiger charge is 2.20. The number of hydrogen-bond acceptors (Lipinski definition) is 3. The van der Waals surface area contributed by atoms with Gasteiger partial charge in [-0.2, -0.15) is 0 Å². The Balaban J connectivity index is 1.58. The number of carbonyl (C=O) groups is 2. The van der Waals surface area contributed by atoms with E-state index < -0.39 is 11.8 Å². The normalized spacial score (nSPS) is 14.0. The average molecular weight is 406 g/mol. The van der Waals surface area contributed by atoms with Gasteiger partial charge in [-0.05, 0) is 36.2 Å². The van der Waals surface area contributed by atoms with Crippen LogP contribution in [0.2, 0.25) is 0 Å². The van der Waals surface area contributed by atoms with E-state index in [2.05, 4.69) is 15.9 Å². The van der Waals surface area contributed by atoms with Gasteiger partial charge in [-0.3, -0.25) is 4.79 Å². The van der Waals surface area contributed by atoms with Gasteiger partial charge in [0.15, 0.2) is 0 Å². The molecule has 0 bridgehead atoms. The van der Waals surface area contributed by atoms with Gasteiger partial charge in [-0.15, -0.1) is 0 Å². The van der Waals surface area contributed by atoms with Crippen molar-refractivity contribution >= 4 is 27.8 Å². The predicted molar refractivity (Wildman–Crippen MR) is 94.3 cm³/mol. The van der Waals surface area contributed by atoms with Gasteiger partial charge < -0.3 is 9.64 Å². The third-order valence-electron chi connectivity index (χ3n) is 4.11. The summed E-state index contributed by atoms with van der Waals surface area (Å²) in [6.07, 6.45) is 1.51. The topological polar surface area (TPSA) is 46.6 Å². The van der Waals surface area contributed by atoms with Gasteiger partial charge in [0.1, 0.15) is 12.4 Å². The van der Waals surface area contributed by atoms with Crippen LogP contribution in [0.25, 0.3) is 0 Å². The molecule has 1 aliphatic rings. The second kappa shape index (κ2) is 7.78. The third-order valence-corrected chi connectivity index (χ3v) is 4.60. The van der Waals surface area contributed by atoms with Gasteiger partial charge >= 0.3 is 5.97 Å². The molecule has 4 nitrogen and oxygen atoms in total. The number of carbonyl (C=O) groups excluding carboxylic acids is 2. The van der Waals surface area contributed by atoms with Crippen molar-refractivity contribution in [2.75, 3.05) is 6.54 Å². The molecule has 3 rings (SSSR count). The lowest BCUT2D eigenvalue weighted by Gasteiger charge is -2.15. The molecule has 130 valence electrons. The van der Waals surface area contributed by atoms with E-state index in [1.807, 2.05) is 17.0 Å². The lowest BCUT2D eigenvalue weighted by atomic mass is 10.1. The van der Waals surface area contributed by atoms with Crippen LogP contribution in [-0.4, -0.2) is 23.3 Å². The molecule has 1 heterocycles. The summed E-state index contributed by atoms with van der Waals surface area (Å²) >= 11 is 3.18. The van der Waals surface area contributed by atoms with Crippen molar-refractivity contribution in [3.8, 4) is 0 Å². The van der Waals surface area contributed by atoms with Crippen molar-refractivity contribution in [1.29, 1.82) is 0 Å². The monoisotopic (exact) mass is 405 g/mol. The maximum Gasteiger partial charge on any atom is 0.338 e. The minimum Gasteiger partial charge on any atom is -0.457 e. The second-order valence-electron chi connectivity index (χ2n) is 5.93. The van der Waals surface area contributed by atoms with Crippen LogP contribution < -0.4 is 0 Å². The number of hydrogen-bond donors (Lipinski definition) is 0. The summed E-state index contributed by atoms with van der Waals surface area (Å²) in [5.74, 6) is -0.765. The minimum absolute atomic E-state index is 0.123. The van der Waals surface area contributed by atoms with Crippen LogP contribution in [0.3, 0.4) is 0 Å². The van der Waals surface area contributed by atoms with Crippen LogP contribution in [0.15, 0.2) is 46.9 Å². The first-order chi connectivity index (χ1) is 12.0. The molecule has 2 aromatic rings. The molecule has 0 saturated carbocycles. The minimum atomic E-state index is -0.508. The Kier molecular flexibility index (Phi) is 5.48. The summed E-state index contributed by atoms with van der Waals surface area (Å²) in [4.78, 5) is 25.5. The third kappa shape index (κ3) is 4.45. The molecule has 1 amide bonds. The first kappa shape index (κ1) is 17.6. The molecular formula is C19H17BrFNO3. The van der Waals surface area contributed by atoms with E-state index in [0.717, 1.165) is 18.5 Å². The standard InChI is InChI=1S/C19H17BrFNO3/c20-16-8-7-15(17(21)10-16)12-25-19(24)14-5-3-13(4-6-14)11-22-9-1-2-18(22)23/h3-8,10H,1-2,9,11-12H2. The Bertz CT molecular complexity index is 792. The molecule has 0 unspecified atom stereocenters. The van der Waals surface area contributed by atoms with Crippen molar-refractivity contribution < 1.29 is 18.7 Å². The molecular weight excluding hydrogens is 389 g/mol. The van der Waals surface area contributed by atoms with Crippen LogP contribution in [0, 0.1) is 5.82 Å². The SMILES string of the molecule is O=C(OCc1ccc(Br)cc1F)c1ccc(CN2CCCC2=O)cc1. The summed E-state index contributed by atoms with van der Waals surface area (Å²) in [5.41, 5.74) is 1.68. The van der Waals surface area contributed by atoms with Crippen LogP contribution in [0.5, 0.6) is 0 Å². The van der Waals surface area contributed by atoms with Gasteiger partial charge in [0, 0.05) is 29.5 Å². The Morgan fingerprint density at radius 3 is 2.60 bits per heavy atom. The highest BCUT2D eigenvalue weighted by atomic mass is 79.9. The zero-order valence-electron chi connectivity index (χ0n) is 13.5. The van der Waals surface area contributed by atoms with E-state index in [4.69, 9.17) is 4.74 Å². The van der Waals surface area contributed by atoms with Crippen molar-refractivity contribution in [3.63, 3.8) is 0 Å². The molecule has 0 spiro atoms. The lowest BCUT2D eigenvalue weighted by molar-refractivity contribution is -0.128. The average Bonchev–Trinajstić information content (AvgIpc) is 2.99. The Morgan fingerprint density at radius 2 is 1.96 bits per heavy atom. The molecule has 25 heavy (non-hydrogen) atoms. The fourth-order valence-electron chi connectivity index (χ4n) is 2.70. The first-order valence-corrected chi connectivity index (χ1v) is 8.80. The summed E-state index contributed by atoms with van der Waals surface area (Å²) in [6, 6.07) is 11.5.